The number of anilines is 2. The molecule has 2 heterocycles. The lowest BCUT2D eigenvalue weighted by Crippen LogP contribution is -2.46. The van der Waals surface area contributed by atoms with Crippen LogP contribution in [0, 0.1) is 41.5 Å². The number of nitrogens with zero attached hydrogens (tertiary/aromatic N) is 6. The molecule has 0 fully saturated rings. The van der Waals surface area contributed by atoms with E-state index in [9.17, 15) is 0 Å². The van der Waals surface area contributed by atoms with Gasteiger partial charge in [0, 0.05) is 24.5 Å². The van der Waals surface area contributed by atoms with Gasteiger partial charge in [-0.1, -0.05) is 167 Å². The molecular formula is C61H90N6O2. The Morgan fingerprint density at radius 2 is 0.667 bits per heavy atom. The summed E-state index contributed by atoms with van der Waals surface area (Å²) in [6, 6.07) is 17.5. The van der Waals surface area contributed by atoms with Crippen LogP contribution in [-0.4, -0.2) is 19.9 Å². The predicted octanol–water partition coefficient (Wildman–Crippen LogP) is 19.8. The van der Waals surface area contributed by atoms with Crippen molar-refractivity contribution in [3.63, 3.8) is 0 Å². The number of fused-ring (bicyclic) bond motifs is 6. The largest absolute Gasteiger partial charge is 0.493 e. The summed E-state index contributed by atoms with van der Waals surface area (Å²) >= 11 is 0. The minimum absolute atomic E-state index is 0.767. The highest BCUT2D eigenvalue weighted by Crippen LogP contribution is 2.43. The maximum atomic E-state index is 6.31. The molecule has 8 heteroatoms. The molecule has 2 aliphatic heterocycles. The number of hydrogen-bond donors (Lipinski definition) is 0. The first-order chi connectivity index (χ1) is 33.6. The number of aryl methyl sites for hydroxylation is 6. The van der Waals surface area contributed by atoms with E-state index in [1.165, 1.54) is 164 Å². The summed E-state index contributed by atoms with van der Waals surface area (Å²) in [5.74, 6) is 1.98. The Morgan fingerprint density at radius 3 is 0.986 bits per heavy atom. The third-order valence-corrected chi connectivity index (χ3v) is 14.5. The maximum absolute atomic E-state index is 6.31. The van der Waals surface area contributed by atoms with Crippen LogP contribution in [0.4, 0.5) is 34.1 Å². The van der Waals surface area contributed by atoms with E-state index >= 15 is 0 Å². The molecule has 69 heavy (non-hydrogen) atoms. The van der Waals surface area contributed by atoms with Gasteiger partial charge in [0.1, 0.15) is 11.5 Å². The molecule has 0 aliphatic carbocycles. The van der Waals surface area contributed by atoms with Crippen molar-refractivity contribution in [3.05, 3.63) is 93.0 Å². The fourth-order valence-electron chi connectivity index (χ4n) is 10.5. The van der Waals surface area contributed by atoms with Gasteiger partial charge in [0.05, 0.1) is 42.6 Å². The summed E-state index contributed by atoms with van der Waals surface area (Å²) in [5.41, 5.74) is 15.3. The van der Waals surface area contributed by atoms with Crippen LogP contribution in [0.1, 0.15) is 212 Å². The molecule has 4 aromatic carbocycles. The molecule has 0 saturated carbocycles. The Hall–Kier alpha value is -4.72. The molecule has 0 amide bonds. The van der Waals surface area contributed by atoms with Gasteiger partial charge < -0.3 is 19.3 Å². The molecule has 0 spiro atoms. The second kappa shape index (κ2) is 28.8. The van der Waals surface area contributed by atoms with Gasteiger partial charge in [-0.2, -0.15) is 20.5 Å². The summed E-state index contributed by atoms with van der Waals surface area (Å²) in [6.07, 6.45) is 32.3. The number of unbranched alkanes of at least 4 members (excludes halogenated alkanes) is 22. The fraction of sp³-hybridized carbons (Fsp3) is 0.607. The highest BCUT2D eigenvalue weighted by Gasteiger charge is 2.31. The normalized spacial score (nSPS) is 13.2. The van der Waals surface area contributed by atoms with Crippen molar-refractivity contribution in [2.75, 3.05) is 29.7 Å². The van der Waals surface area contributed by atoms with Gasteiger partial charge in [-0.05, 0) is 135 Å². The Labute approximate surface area is 419 Å². The number of hydrogen-bond acceptors (Lipinski definition) is 8. The van der Waals surface area contributed by atoms with E-state index in [1.807, 2.05) is 0 Å². The second-order valence-electron chi connectivity index (χ2n) is 20.8. The minimum atomic E-state index is 0.767. The molecule has 2 aliphatic rings. The number of rotatable bonds is 32. The first-order valence-corrected chi connectivity index (χ1v) is 27.7. The summed E-state index contributed by atoms with van der Waals surface area (Å²) in [4.78, 5) is 4.93. The van der Waals surface area contributed by atoms with E-state index in [-0.39, 0.29) is 0 Å². The van der Waals surface area contributed by atoms with Crippen LogP contribution in [0.3, 0.4) is 0 Å². The Balaban J connectivity index is 0.962. The molecule has 0 unspecified atom stereocenters. The van der Waals surface area contributed by atoms with Gasteiger partial charge in [-0.15, -0.1) is 0 Å². The lowest BCUT2D eigenvalue weighted by atomic mass is 9.98. The van der Waals surface area contributed by atoms with Gasteiger partial charge in [0.25, 0.3) is 0 Å². The molecule has 0 saturated heterocycles. The second-order valence-corrected chi connectivity index (χ2v) is 20.8. The number of azo groups is 2. The van der Waals surface area contributed by atoms with Crippen molar-refractivity contribution in [2.24, 2.45) is 20.5 Å². The highest BCUT2D eigenvalue weighted by atomic mass is 16.5. The van der Waals surface area contributed by atoms with Gasteiger partial charge in [0.15, 0.2) is 0 Å². The van der Waals surface area contributed by atoms with Crippen LogP contribution >= 0.6 is 0 Å². The molecular weight excluding hydrogens is 849 g/mol. The first-order valence-electron chi connectivity index (χ1n) is 27.7. The summed E-state index contributed by atoms with van der Waals surface area (Å²) < 4.78 is 12.6. The molecule has 376 valence electrons. The number of ether oxygens (including phenoxy) is 2. The fourth-order valence-corrected chi connectivity index (χ4v) is 10.5. The SMILES string of the molecule is CCCCCCCCCCCCCCOc1c(C)cc(N=Nc2cc3c(cc2C)CN2CN3Cc3cc(C)c(N=Nc4cc(C)c(OCCCCCCCCCCCCCC)c(C)c4)cc32)cc1C. The first kappa shape index (κ1) is 53.6. The zero-order chi connectivity index (χ0) is 48.8. The maximum Gasteiger partial charge on any atom is 0.125 e. The van der Waals surface area contributed by atoms with Gasteiger partial charge in [-0.3, -0.25) is 0 Å². The zero-order valence-electron chi connectivity index (χ0n) is 44.6. The minimum Gasteiger partial charge on any atom is -0.493 e. The average Bonchev–Trinajstić information content (AvgIpc) is 3.32. The van der Waals surface area contributed by atoms with Crippen molar-refractivity contribution in [2.45, 2.75) is 223 Å². The van der Waals surface area contributed by atoms with Crippen molar-refractivity contribution < 1.29 is 9.47 Å². The van der Waals surface area contributed by atoms with E-state index in [2.05, 4.69) is 114 Å². The summed E-state index contributed by atoms with van der Waals surface area (Å²) in [6.45, 7) is 21.4. The van der Waals surface area contributed by atoms with Crippen LogP contribution in [0.25, 0.3) is 0 Å². The van der Waals surface area contributed by atoms with Crippen molar-refractivity contribution in [3.8, 4) is 11.5 Å². The molecule has 0 radical (unpaired) electrons. The third kappa shape index (κ3) is 16.7. The zero-order valence-corrected chi connectivity index (χ0v) is 44.6. The quantitative estimate of drug-likeness (QED) is 0.0361. The van der Waals surface area contributed by atoms with Gasteiger partial charge in [-0.25, -0.2) is 0 Å². The van der Waals surface area contributed by atoms with Gasteiger partial charge >= 0.3 is 0 Å². The lowest BCUT2D eigenvalue weighted by molar-refractivity contribution is 0.300. The van der Waals surface area contributed by atoms with Crippen molar-refractivity contribution in [1.82, 2.24) is 0 Å². The van der Waals surface area contributed by atoms with E-state index in [0.717, 1.165) is 113 Å². The molecule has 4 aromatic rings. The predicted molar refractivity (Wildman–Crippen MR) is 293 cm³/mol. The van der Waals surface area contributed by atoms with E-state index in [4.69, 9.17) is 29.9 Å². The molecule has 2 bridgehead atoms. The standard InChI is InChI=1S/C61H90N6O2/c1-9-11-13-15-17-19-21-23-25-27-29-31-33-68-60-48(5)37-54(38-49(60)6)62-64-56-41-58-52(35-46(56)3)43-67-45-66(58)44-53-36-47(4)57(42-59(53)67)65-63-55-39-50(7)61(51(8)40-55)69-34-32-30-28-26-24-22-20-18-16-14-12-10-2/h35-42H,9-34,43-45H2,1-8H3. The van der Waals surface area contributed by atoms with Crippen LogP contribution < -0.4 is 19.3 Å². The van der Waals surface area contributed by atoms with Crippen molar-refractivity contribution >= 4 is 34.1 Å². The van der Waals surface area contributed by atoms with E-state index < -0.39 is 0 Å². The molecule has 0 N–H and O–H groups in total. The summed E-state index contributed by atoms with van der Waals surface area (Å²) in [5, 5.41) is 19.2. The molecule has 0 atom stereocenters. The van der Waals surface area contributed by atoms with E-state index in [1.54, 1.807) is 0 Å². The highest BCUT2D eigenvalue weighted by molar-refractivity contribution is 5.74. The van der Waals surface area contributed by atoms with E-state index in [0.29, 0.717) is 0 Å². The van der Waals surface area contributed by atoms with Crippen LogP contribution in [0.5, 0.6) is 11.5 Å². The molecule has 0 aromatic heterocycles. The lowest BCUT2D eigenvalue weighted by Gasteiger charge is -2.45. The molecule has 8 nitrogen and oxygen atoms in total. The average molecular weight is 939 g/mol. The van der Waals surface area contributed by atoms with Crippen LogP contribution in [0.15, 0.2) is 69.0 Å². The third-order valence-electron chi connectivity index (χ3n) is 14.5. The van der Waals surface area contributed by atoms with Crippen LogP contribution in [0.2, 0.25) is 0 Å². The Kier molecular flexibility index (Phi) is 22.4. The van der Waals surface area contributed by atoms with Crippen LogP contribution in [-0.2, 0) is 13.1 Å². The Bertz CT molecular complexity index is 2060. The topological polar surface area (TPSA) is 74.4 Å². The number of benzene rings is 4. The molecule has 6 rings (SSSR count). The summed E-state index contributed by atoms with van der Waals surface area (Å²) in [7, 11) is 0. The van der Waals surface area contributed by atoms with Crippen molar-refractivity contribution in [1.29, 1.82) is 0 Å². The smallest absolute Gasteiger partial charge is 0.125 e. The Morgan fingerprint density at radius 1 is 0.362 bits per heavy atom. The monoisotopic (exact) mass is 939 g/mol. The van der Waals surface area contributed by atoms with Gasteiger partial charge in [0.2, 0.25) is 0 Å².